The zero-order valence-corrected chi connectivity index (χ0v) is 15.8. The lowest BCUT2D eigenvalue weighted by molar-refractivity contribution is 0.165. The number of rotatable bonds is 7. The lowest BCUT2D eigenvalue weighted by atomic mass is 10.1. The quantitative estimate of drug-likeness (QED) is 0.475. The number of methoxy groups -OCH3 is 1. The molecule has 0 unspecified atom stereocenters. The summed E-state index contributed by atoms with van der Waals surface area (Å²) in [5.74, 6) is -0.0484. The molecular weight excluding hydrogens is 381 g/mol. The molecule has 29 heavy (non-hydrogen) atoms. The average molecular weight is 403 g/mol. The average Bonchev–Trinajstić information content (AvgIpc) is 2.65. The topological polar surface area (TPSA) is 122 Å². The third-order valence-corrected chi connectivity index (χ3v) is 4.29. The van der Waals surface area contributed by atoms with E-state index in [1.54, 1.807) is 31.5 Å². The van der Waals surface area contributed by atoms with Crippen LogP contribution >= 0.6 is 0 Å². The summed E-state index contributed by atoms with van der Waals surface area (Å²) in [6.07, 6.45) is 0.253. The number of nitrogens with one attached hydrogen (secondary N) is 1. The first kappa shape index (κ1) is 20.3. The smallest absolute Gasteiger partial charge is 0.411 e. The molecule has 1 aromatic heterocycles. The number of carbonyl (C=O) groups is 1. The first-order valence-electron chi connectivity index (χ1n) is 8.89. The molecule has 10 heteroatoms. The van der Waals surface area contributed by atoms with Gasteiger partial charge in [-0.25, -0.2) is 14.2 Å². The molecule has 0 saturated carbocycles. The van der Waals surface area contributed by atoms with Gasteiger partial charge in [0.2, 0.25) is 0 Å². The largest absolute Gasteiger partial charge is 0.485 e. The standard InChI is InChI=1S/C19H22FN5O4/c1-28-11-13-5-6-14(8-22-13)29-15-9-25(10-15)16-4-2-3-12(17(16)20)7-23-18(21)24-19(26)27/h2-6,8,15H,7,9-11H2,1H3,(H,26,27)(H3,21,23,24). The number of amides is 1. The lowest BCUT2D eigenvalue weighted by Crippen LogP contribution is -2.54. The first-order valence-corrected chi connectivity index (χ1v) is 8.89. The Bertz CT molecular complexity index is 885. The van der Waals surface area contributed by atoms with Crippen LogP contribution in [0.25, 0.3) is 0 Å². The molecule has 1 amide bonds. The van der Waals surface area contributed by atoms with Crippen molar-refractivity contribution >= 4 is 17.7 Å². The van der Waals surface area contributed by atoms with Crippen molar-refractivity contribution in [3.05, 3.63) is 53.6 Å². The molecule has 1 fully saturated rings. The van der Waals surface area contributed by atoms with E-state index in [0.717, 1.165) is 5.69 Å². The Morgan fingerprint density at radius 1 is 1.41 bits per heavy atom. The van der Waals surface area contributed by atoms with Gasteiger partial charge >= 0.3 is 6.09 Å². The fourth-order valence-electron chi connectivity index (χ4n) is 2.87. The molecule has 3 rings (SSSR count). The van der Waals surface area contributed by atoms with Crippen molar-refractivity contribution in [2.24, 2.45) is 10.7 Å². The maximum Gasteiger partial charge on any atom is 0.411 e. The normalized spacial score (nSPS) is 14.4. The number of pyridine rings is 1. The Morgan fingerprint density at radius 3 is 2.86 bits per heavy atom. The third-order valence-electron chi connectivity index (χ3n) is 4.29. The lowest BCUT2D eigenvalue weighted by Gasteiger charge is -2.40. The SMILES string of the molecule is COCc1ccc(OC2CN(c3cccc(CN=C(N)NC(=O)O)c3F)C2)cn1. The van der Waals surface area contributed by atoms with Crippen LogP contribution in [0.4, 0.5) is 14.9 Å². The monoisotopic (exact) mass is 403 g/mol. The van der Waals surface area contributed by atoms with E-state index in [-0.39, 0.29) is 18.6 Å². The molecule has 9 nitrogen and oxygen atoms in total. The number of anilines is 1. The Balaban J connectivity index is 1.56. The summed E-state index contributed by atoms with van der Waals surface area (Å²) in [5, 5.41) is 10.5. The highest BCUT2D eigenvalue weighted by molar-refractivity contribution is 5.91. The summed E-state index contributed by atoms with van der Waals surface area (Å²) in [4.78, 5) is 20.5. The number of aromatic nitrogens is 1. The van der Waals surface area contributed by atoms with Crippen molar-refractivity contribution < 1.29 is 23.8 Å². The van der Waals surface area contributed by atoms with Gasteiger partial charge in [0.25, 0.3) is 0 Å². The van der Waals surface area contributed by atoms with Gasteiger partial charge in [0.1, 0.15) is 11.9 Å². The summed E-state index contributed by atoms with van der Waals surface area (Å²) in [6, 6.07) is 8.65. The zero-order valence-electron chi connectivity index (χ0n) is 15.8. The predicted octanol–water partition coefficient (Wildman–Crippen LogP) is 1.72. The van der Waals surface area contributed by atoms with E-state index in [4.69, 9.17) is 20.3 Å². The zero-order chi connectivity index (χ0) is 20.8. The van der Waals surface area contributed by atoms with Gasteiger partial charge in [-0.2, -0.15) is 0 Å². The van der Waals surface area contributed by atoms with Gasteiger partial charge in [0, 0.05) is 12.7 Å². The van der Waals surface area contributed by atoms with E-state index in [9.17, 15) is 9.18 Å². The molecular formula is C19H22FN5O4. The van der Waals surface area contributed by atoms with Crippen molar-refractivity contribution in [3.8, 4) is 5.75 Å². The number of aliphatic imine (C=N–C) groups is 1. The number of nitrogens with two attached hydrogens (primary N) is 1. The highest BCUT2D eigenvalue weighted by Crippen LogP contribution is 2.28. The van der Waals surface area contributed by atoms with E-state index in [2.05, 4.69) is 9.98 Å². The predicted molar refractivity (Wildman–Crippen MR) is 104 cm³/mol. The molecule has 4 N–H and O–H groups in total. The molecule has 1 aromatic carbocycles. The van der Waals surface area contributed by atoms with Crippen molar-refractivity contribution in [2.45, 2.75) is 19.3 Å². The number of guanidine groups is 1. The van der Waals surface area contributed by atoms with Crippen LogP contribution in [0, 0.1) is 5.82 Å². The maximum absolute atomic E-state index is 14.8. The van der Waals surface area contributed by atoms with Gasteiger partial charge in [-0.05, 0) is 18.2 Å². The van der Waals surface area contributed by atoms with Gasteiger partial charge < -0.3 is 25.2 Å². The van der Waals surface area contributed by atoms with E-state index >= 15 is 0 Å². The second-order valence-corrected chi connectivity index (χ2v) is 6.44. The molecule has 1 saturated heterocycles. The molecule has 0 spiro atoms. The second-order valence-electron chi connectivity index (χ2n) is 6.44. The highest BCUT2D eigenvalue weighted by atomic mass is 19.1. The number of hydrogen-bond acceptors (Lipinski definition) is 6. The van der Waals surface area contributed by atoms with E-state index in [1.165, 1.54) is 0 Å². The number of carboxylic acid groups (broad SMARTS) is 1. The molecule has 2 aromatic rings. The van der Waals surface area contributed by atoms with Crippen molar-refractivity contribution in [1.29, 1.82) is 0 Å². The number of halogens is 1. The van der Waals surface area contributed by atoms with Crippen LogP contribution in [0.15, 0.2) is 41.5 Å². The molecule has 0 bridgehead atoms. The third kappa shape index (κ3) is 5.32. The number of nitrogens with zero attached hydrogens (tertiary/aromatic N) is 3. The molecule has 154 valence electrons. The van der Waals surface area contributed by atoms with Crippen molar-refractivity contribution in [3.63, 3.8) is 0 Å². The van der Waals surface area contributed by atoms with Crippen LogP contribution in [0.3, 0.4) is 0 Å². The Labute approximate surface area is 167 Å². The van der Waals surface area contributed by atoms with Crippen LogP contribution in [0.2, 0.25) is 0 Å². The second kappa shape index (κ2) is 9.20. The number of benzene rings is 1. The van der Waals surface area contributed by atoms with Crippen molar-refractivity contribution in [2.75, 3.05) is 25.1 Å². The summed E-state index contributed by atoms with van der Waals surface area (Å²) in [7, 11) is 1.61. The number of ether oxygens (including phenoxy) is 2. The Kier molecular flexibility index (Phi) is 6.45. The van der Waals surface area contributed by atoms with Crippen LogP contribution in [-0.4, -0.2) is 48.4 Å². The van der Waals surface area contributed by atoms with Gasteiger partial charge in [-0.3, -0.25) is 10.3 Å². The fourth-order valence-corrected chi connectivity index (χ4v) is 2.87. The molecule has 1 aliphatic heterocycles. The van der Waals surface area contributed by atoms with Gasteiger partial charge in [-0.15, -0.1) is 0 Å². The van der Waals surface area contributed by atoms with Gasteiger partial charge in [0.05, 0.1) is 43.8 Å². The number of hydrogen-bond donors (Lipinski definition) is 3. The minimum atomic E-state index is -1.32. The summed E-state index contributed by atoms with van der Waals surface area (Å²) < 4.78 is 25.7. The van der Waals surface area contributed by atoms with Crippen LogP contribution < -0.4 is 20.7 Å². The summed E-state index contributed by atoms with van der Waals surface area (Å²) in [5.41, 5.74) is 7.00. The van der Waals surface area contributed by atoms with Crippen molar-refractivity contribution in [1.82, 2.24) is 10.3 Å². The molecule has 0 radical (unpaired) electrons. The van der Waals surface area contributed by atoms with Crippen LogP contribution in [0.1, 0.15) is 11.3 Å². The van der Waals surface area contributed by atoms with E-state index in [0.29, 0.717) is 36.7 Å². The maximum atomic E-state index is 14.8. The minimum absolute atomic E-state index is 0.0680. The highest BCUT2D eigenvalue weighted by Gasteiger charge is 2.31. The first-order chi connectivity index (χ1) is 14.0. The van der Waals surface area contributed by atoms with Crippen LogP contribution in [-0.2, 0) is 17.9 Å². The van der Waals surface area contributed by atoms with Gasteiger partial charge in [0.15, 0.2) is 11.8 Å². The fraction of sp³-hybridized carbons (Fsp3) is 0.316. The minimum Gasteiger partial charge on any atom is -0.485 e. The van der Waals surface area contributed by atoms with E-state index in [1.807, 2.05) is 22.3 Å². The molecule has 2 heterocycles. The Morgan fingerprint density at radius 2 is 2.21 bits per heavy atom. The molecule has 1 aliphatic rings. The molecule has 0 aliphatic carbocycles. The Hall–Kier alpha value is -3.40. The molecule has 0 atom stereocenters. The summed E-state index contributed by atoms with van der Waals surface area (Å²) in [6.45, 7) is 1.44. The van der Waals surface area contributed by atoms with Crippen LogP contribution in [0.5, 0.6) is 5.75 Å². The summed E-state index contributed by atoms with van der Waals surface area (Å²) >= 11 is 0. The van der Waals surface area contributed by atoms with E-state index < -0.39 is 11.9 Å². The van der Waals surface area contributed by atoms with Gasteiger partial charge in [-0.1, -0.05) is 12.1 Å².